The summed E-state index contributed by atoms with van der Waals surface area (Å²) in [6.45, 7) is 18.1. The lowest BCUT2D eigenvalue weighted by molar-refractivity contribution is -0.136. The number of ether oxygens (including phenoxy) is 4. The molecule has 1 aliphatic heterocycles. The SMILES string of the molecule is CC(C)(C)CC(=O)N1CCOCCOCCN(C(=O)CC(C)(C)C)CCOCCOCC1. The van der Waals surface area contributed by atoms with Gasteiger partial charge in [0.05, 0.1) is 52.9 Å². The van der Waals surface area contributed by atoms with Crippen LogP contribution in [0.2, 0.25) is 0 Å². The second-order valence-electron chi connectivity index (χ2n) is 10.7. The lowest BCUT2D eigenvalue weighted by Crippen LogP contribution is -2.39. The normalized spacial score (nSPS) is 19.8. The molecule has 0 spiro atoms. The monoisotopic (exact) mass is 458 g/mol. The third-order valence-corrected chi connectivity index (χ3v) is 4.83. The third-order valence-electron chi connectivity index (χ3n) is 4.83. The summed E-state index contributed by atoms with van der Waals surface area (Å²) in [7, 11) is 0. The Morgan fingerprint density at radius 3 is 1.00 bits per heavy atom. The van der Waals surface area contributed by atoms with E-state index in [9.17, 15) is 9.59 Å². The van der Waals surface area contributed by atoms with E-state index in [0.29, 0.717) is 91.9 Å². The fourth-order valence-electron chi connectivity index (χ4n) is 3.20. The van der Waals surface area contributed by atoms with E-state index in [-0.39, 0.29) is 22.6 Å². The quantitative estimate of drug-likeness (QED) is 0.633. The molecule has 2 amide bonds. The zero-order chi connectivity index (χ0) is 24.0. The van der Waals surface area contributed by atoms with Crippen molar-refractivity contribution in [1.29, 1.82) is 0 Å². The highest BCUT2D eigenvalue weighted by Gasteiger charge is 2.22. The molecule has 0 radical (unpaired) electrons. The Bertz CT molecular complexity index is 474. The van der Waals surface area contributed by atoms with Gasteiger partial charge in [-0.1, -0.05) is 41.5 Å². The van der Waals surface area contributed by atoms with Gasteiger partial charge in [-0.3, -0.25) is 9.59 Å². The van der Waals surface area contributed by atoms with Crippen molar-refractivity contribution in [2.75, 3.05) is 79.0 Å². The standard InChI is InChI=1S/C24H46N2O6/c1-23(2,3)19-21(27)25-7-11-29-15-17-31-13-9-26(22(28)20-24(4,5)6)10-14-32-18-16-30-12-8-25/h7-20H2,1-6H3. The molecule has 1 rings (SSSR count). The molecule has 1 saturated heterocycles. The molecule has 1 heterocycles. The van der Waals surface area contributed by atoms with E-state index >= 15 is 0 Å². The van der Waals surface area contributed by atoms with Crippen LogP contribution in [0.25, 0.3) is 0 Å². The number of carbonyl (C=O) groups is 2. The number of hydrogen-bond acceptors (Lipinski definition) is 6. The van der Waals surface area contributed by atoms with Crippen LogP contribution in [0.3, 0.4) is 0 Å². The molecule has 0 N–H and O–H groups in total. The van der Waals surface area contributed by atoms with E-state index < -0.39 is 0 Å². The van der Waals surface area contributed by atoms with Crippen LogP contribution in [0.5, 0.6) is 0 Å². The van der Waals surface area contributed by atoms with Crippen LogP contribution in [-0.2, 0) is 28.5 Å². The fraction of sp³-hybridized carbons (Fsp3) is 0.917. The average molecular weight is 459 g/mol. The number of carbonyl (C=O) groups excluding carboxylic acids is 2. The third kappa shape index (κ3) is 14.8. The van der Waals surface area contributed by atoms with Gasteiger partial charge in [0, 0.05) is 39.0 Å². The largest absolute Gasteiger partial charge is 0.377 e. The van der Waals surface area contributed by atoms with Crippen LogP contribution in [0, 0.1) is 10.8 Å². The van der Waals surface area contributed by atoms with Gasteiger partial charge in [0.1, 0.15) is 0 Å². The summed E-state index contributed by atoms with van der Waals surface area (Å²) < 4.78 is 22.7. The van der Waals surface area contributed by atoms with E-state index in [2.05, 4.69) is 41.5 Å². The summed E-state index contributed by atoms with van der Waals surface area (Å²) in [4.78, 5) is 28.9. The highest BCUT2D eigenvalue weighted by atomic mass is 16.5. The molecule has 8 heteroatoms. The Hall–Kier alpha value is -1.22. The zero-order valence-corrected chi connectivity index (χ0v) is 21.2. The van der Waals surface area contributed by atoms with Crippen LogP contribution in [0.4, 0.5) is 0 Å². The molecule has 0 unspecified atom stereocenters. The number of hydrogen-bond donors (Lipinski definition) is 0. The zero-order valence-electron chi connectivity index (χ0n) is 21.2. The maximum absolute atomic E-state index is 12.6. The molecule has 0 saturated carbocycles. The van der Waals surface area contributed by atoms with Crippen LogP contribution in [0.15, 0.2) is 0 Å². The Morgan fingerprint density at radius 1 is 0.531 bits per heavy atom. The number of rotatable bonds is 2. The van der Waals surface area contributed by atoms with Crippen LogP contribution < -0.4 is 0 Å². The van der Waals surface area contributed by atoms with Gasteiger partial charge in [-0.05, 0) is 10.8 Å². The average Bonchev–Trinajstić information content (AvgIpc) is 2.65. The maximum Gasteiger partial charge on any atom is 0.223 e. The minimum Gasteiger partial charge on any atom is -0.377 e. The molecule has 1 aliphatic rings. The molecule has 0 aromatic heterocycles. The fourth-order valence-corrected chi connectivity index (χ4v) is 3.20. The van der Waals surface area contributed by atoms with Crippen LogP contribution in [0.1, 0.15) is 54.4 Å². The second kappa shape index (κ2) is 14.8. The highest BCUT2D eigenvalue weighted by molar-refractivity contribution is 5.77. The van der Waals surface area contributed by atoms with Gasteiger partial charge in [-0.25, -0.2) is 0 Å². The molecule has 0 aromatic carbocycles. The summed E-state index contributed by atoms with van der Waals surface area (Å²) in [6, 6.07) is 0. The molecular formula is C24H46N2O6. The van der Waals surface area contributed by atoms with Gasteiger partial charge in [0.25, 0.3) is 0 Å². The van der Waals surface area contributed by atoms with Crippen molar-refractivity contribution >= 4 is 11.8 Å². The summed E-state index contributed by atoms with van der Waals surface area (Å²) in [5.41, 5.74) is -0.122. The molecule has 0 aliphatic carbocycles. The molecule has 188 valence electrons. The Labute approximate surface area is 194 Å². The lowest BCUT2D eigenvalue weighted by atomic mass is 9.91. The lowest BCUT2D eigenvalue weighted by Gasteiger charge is -2.27. The highest BCUT2D eigenvalue weighted by Crippen LogP contribution is 2.20. The van der Waals surface area contributed by atoms with E-state index in [4.69, 9.17) is 18.9 Å². The Kier molecular flexibility index (Phi) is 13.4. The summed E-state index contributed by atoms with van der Waals surface area (Å²) >= 11 is 0. The maximum atomic E-state index is 12.6. The van der Waals surface area contributed by atoms with Crippen molar-refractivity contribution < 1.29 is 28.5 Å². The van der Waals surface area contributed by atoms with Gasteiger partial charge < -0.3 is 28.7 Å². The minimum absolute atomic E-state index is 0.0609. The second-order valence-corrected chi connectivity index (χ2v) is 10.7. The van der Waals surface area contributed by atoms with E-state index in [1.165, 1.54) is 0 Å². The summed E-state index contributed by atoms with van der Waals surface area (Å²) in [5, 5.41) is 0. The summed E-state index contributed by atoms with van der Waals surface area (Å²) in [6.07, 6.45) is 0.979. The molecule has 32 heavy (non-hydrogen) atoms. The Balaban J connectivity index is 2.55. The Morgan fingerprint density at radius 2 is 0.781 bits per heavy atom. The van der Waals surface area contributed by atoms with Gasteiger partial charge in [-0.15, -0.1) is 0 Å². The van der Waals surface area contributed by atoms with E-state index in [0.717, 1.165) is 0 Å². The molecule has 0 bridgehead atoms. The first-order chi connectivity index (χ1) is 15.0. The number of nitrogens with zero attached hydrogens (tertiary/aromatic N) is 2. The van der Waals surface area contributed by atoms with E-state index in [1.54, 1.807) is 0 Å². The van der Waals surface area contributed by atoms with E-state index in [1.807, 2.05) is 9.80 Å². The van der Waals surface area contributed by atoms with Gasteiger partial charge >= 0.3 is 0 Å². The molecule has 0 aromatic rings. The molecule has 8 nitrogen and oxygen atoms in total. The first kappa shape index (κ1) is 28.8. The van der Waals surface area contributed by atoms with Crippen molar-refractivity contribution in [2.45, 2.75) is 54.4 Å². The smallest absolute Gasteiger partial charge is 0.223 e. The first-order valence-electron chi connectivity index (χ1n) is 11.8. The van der Waals surface area contributed by atoms with Crippen molar-refractivity contribution in [3.05, 3.63) is 0 Å². The summed E-state index contributed by atoms with van der Waals surface area (Å²) in [5.74, 6) is 0.234. The molecule has 0 atom stereocenters. The van der Waals surface area contributed by atoms with Crippen molar-refractivity contribution in [1.82, 2.24) is 9.80 Å². The van der Waals surface area contributed by atoms with Gasteiger partial charge in [0.2, 0.25) is 11.8 Å². The van der Waals surface area contributed by atoms with Crippen LogP contribution in [-0.4, -0.2) is 101 Å². The van der Waals surface area contributed by atoms with Crippen LogP contribution >= 0.6 is 0 Å². The number of amides is 2. The predicted octanol–water partition coefficient (Wildman–Crippen LogP) is 2.60. The predicted molar refractivity (Wildman–Crippen MR) is 125 cm³/mol. The van der Waals surface area contributed by atoms with Gasteiger partial charge in [-0.2, -0.15) is 0 Å². The molecule has 1 fully saturated rings. The van der Waals surface area contributed by atoms with Crippen molar-refractivity contribution in [2.24, 2.45) is 10.8 Å². The molecular weight excluding hydrogens is 412 g/mol. The minimum atomic E-state index is -0.0609. The van der Waals surface area contributed by atoms with Crippen molar-refractivity contribution in [3.63, 3.8) is 0 Å². The first-order valence-corrected chi connectivity index (χ1v) is 11.8. The van der Waals surface area contributed by atoms with Gasteiger partial charge in [0.15, 0.2) is 0 Å². The van der Waals surface area contributed by atoms with Crippen molar-refractivity contribution in [3.8, 4) is 0 Å². The topological polar surface area (TPSA) is 77.5 Å².